The Labute approximate surface area is 143 Å². The van der Waals surface area contributed by atoms with Crippen molar-refractivity contribution in [3.8, 4) is 0 Å². The molecule has 6 nitrogen and oxygen atoms in total. The number of thioether (sulfide) groups is 1. The number of amides is 1. The second-order valence-electron chi connectivity index (χ2n) is 7.45. The fraction of sp³-hybridized carbons (Fsp3) is 0.875. The molecule has 0 aliphatic carbocycles. The number of hydrogen-bond acceptors (Lipinski definition) is 6. The molecule has 0 aromatic carbocycles. The van der Waals surface area contributed by atoms with E-state index in [9.17, 15) is 4.79 Å². The van der Waals surface area contributed by atoms with E-state index >= 15 is 0 Å². The van der Waals surface area contributed by atoms with E-state index in [2.05, 4.69) is 27.0 Å². The van der Waals surface area contributed by atoms with E-state index in [1.165, 1.54) is 18.6 Å². The molecule has 0 bridgehead atoms. The van der Waals surface area contributed by atoms with E-state index in [0.717, 1.165) is 30.8 Å². The largest absolute Gasteiger partial charge is 0.444 e. The van der Waals surface area contributed by atoms with E-state index in [-0.39, 0.29) is 12.1 Å². The highest BCUT2D eigenvalue weighted by molar-refractivity contribution is 8.00. The van der Waals surface area contributed by atoms with Crippen LogP contribution in [0.4, 0.5) is 4.79 Å². The van der Waals surface area contributed by atoms with Gasteiger partial charge in [0.25, 0.3) is 0 Å². The predicted octanol–water partition coefficient (Wildman–Crippen LogP) is 1.76. The van der Waals surface area contributed by atoms with Crippen LogP contribution in [-0.2, 0) is 4.74 Å². The van der Waals surface area contributed by atoms with Gasteiger partial charge in [0.05, 0.1) is 12.6 Å². The molecule has 130 valence electrons. The van der Waals surface area contributed by atoms with E-state index in [1.807, 2.05) is 25.7 Å². The summed E-state index contributed by atoms with van der Waals surface area (Å²) in [6.07, 6.45) is 2.43. The summed E-state index contributed by atoms with van der Waals surface area (Å²) < 4.78 is 5.48. The van der Waals surface area contributed by atoms with Gasteiger partial charge in [-0.15, -0.1) is 0 Å². The van der Waals surface area contributed by atoms with Crippen molar-refractivity contribution in [1.29, 1.82) is 0 Å². The first kappa shape index (κ1) is 16.7. The van der Waals surface area contributed by atoms with Crippen LogP contribution in [0.1, 0.15) is 33.6 Å². The topological polar surface area (TPSA) is 57.2 Å². The zero-order valence-corrected chi connectivity index (χ0v) is 15.2. The van der Waals surface area contributed by atoms with Gasteiger partial charge in [-0.3, -0.25) is 4.99 Å². The Morgan fingerprint density at radius 2 is 2.26 bits per heavy atom. The summed E-state index contributed by atoms with van der Waals surface area (Å²) in [5, 5.41) is 4.25. The summed E-state index contributed by atoms with van der Waals surface area (Å²) >= 11 is 2.06. The van der Waals surface area contributed by atoms with Crippen molar-refractivity contribution in [2.75, 3.05) is 38.5 Å². The molecular formula is C16H28N4O2S. The minimum Gasteiger partial charge on any atom is -0.444 e. The average Bonchev–Trinajstić information content (AvgIpc) is 3.12. The number of carbonyl (C=O) groups is 1. The fourth-order valence-electron chi connectivity index (χ4n) is 3.23. The minimum absolute atomic E-state index is 0.207. The highest BCUT2D eigenvalue weighted by atomic mass is 32.2. The van der Waals surface area contributed by atoms with Crippen LogP contribution < -0.4 is 5.32 Å². The Balaban J connectivity index is 1.48. The maximum Gasteiger partial charge on any atom is 0.410 e. The first-order valence-corrected chi connectivity index (χ1v) is 9.62. The highest BCUT2D eigenvalue weighted by Gasteiger charge is 2.36. The Morgan fingerprint density at radius 3 is 2.96 bits per heavy atom. The van der Waals surface area contributed by atoms with Gasteiger partial charge in [0.1, 0.15) is 5.60 Å². The molecule has 0 aromatic heterocycles. The number of aliphatic imine (C=N–C) groups is 1. The SMILES string of the molecule is CC(C)(C)OC(=O)N1CCN2C(NCC3CCCS3)=NCC2C1. The van der Waals surface area contributed by atoms with Crippen LogP contribution >= 0.6 is 11.8 Å². The Bertz CT molecular complexity index is 471. The number of fused-ring (bicyclic) bond motifs is 1. The molecule has 0 radical (unpaired) electrons. The van der Waals surface area contributed by atoms with Gasteiger partial charge in [-0.05, 0) is 39.4 Å². The van der Waals surface area contributed by atoms with E-state index in [1.54, 1.807) is 0 Å². The van der Waals surface area contributed by atoms with Gasteiger partial charge < -0.3 is 19.9 Å². The molecule has 1 N–H and O–H groups in total. The van der Waals surface area contributed by atoms with Crippen LogP contribution in [0.15, 0.2) is 4.99 Å². The molecule has 2 fully saturated rings. The van der Waals surface area contributed by atoms with Crippen LogP contribution in [0.25, 0.3) is 0 Å². The maximum absolute atomic E-state index is 12.2. The summed E-state index contributed by atoms with van der Waals surface area (Å²) in [6, 6.07) is 0.287. The molecule has 1 amide bonds. The number of ether oxygens (including phenoxy) is 1. The average molecular weight is 340 g/mol. The summed E-state index contributed by atoms with van der Waals surface area (Å²) in [6.45, 7) is 9.70. The number of guanidine groups is 1. The van der Waals surface area contributed by atoms with Gasteiger partial charge in [0.2, 0.25) is 0 Å². The number of rotatable bonds is 2. The number of carbonyl (C=O) groups excluding carboxylic acids is 1. The van der Waals surface area contributed by atoms with Crippen molar-refractivity contribution < 1.29 is 9.53 Å². The lowest BCUT2D eigenvalue weighted by Gasteiger charge is -2.39. The first-order chi connectivity index (χ1) is 10.9. The predicted molar refractivity (Wildman–Crippen MR) is 94.1 cm³/mol. The van der Waals surface area contributed by atoms with Crippen molar-refractivity contribution in [2.24, 2.45) is 4.99 Å². The minimum atomic E-state index is -0.438. The van der Waals surface area contributed by atoms with Gasteiger partial charge in [0, 0.05) is 31.4 Å². The molecular weight excluding hydrogens is 312 g/mol. The van der Waals surface area contributed by atoms with Crippen LogP contribution in [0, 0.1) is 0 Å². The summed E-state index contributed by atoms with van der Waals surface area (Å²) in [5.74, 6) is 2.31. The van der Waals surface area contributed by atoms with Crippen molar-refractivity contribution in [3.05, 3.63) is 0 Å². The van der Waals surface area contributed by atoms with Crippen molar-refractivity contribution in [3.63, 3.8) is 0 Å². The fourth-order valence-corrected chi connectivity index (χ4v) is 4.43. The second kappa shape index (κ2) is 6.79. The van der Waals surface area contributed by atoms with Crippen molar-refractivity contribution in [1.82, 2.24) is 15.1 Å². The lowest BCUT2D eigenvalue weighted by Crippen LogP contribution is -2.57. The zero-order valence-electron chi connectivity index (χ0n) is 14.4. The molecule has 3 rings (SSSR count). The smallest absolute Gasteiger partial charge is 0.410 e. The van der Waals surface area contributed by atoms with Gasteiger partial charge in [-0.25, -0.2) is 4.79 Å². The van der Waals surface area contributed by atoms with Gasteiger partial charge >= 0.3 is 6.09 Å². The van der Waals surface area contributed by atoms with Crippen molar-refractivity contribution >= 4 is 23.8 Å². The summed E-state index contributed by atoms with van der Waals surface area (Å²) in [5.41, 5.74) is -0.438. The van der Waals surface area contributed by atoms with E-state index < -0.39 is 5.60 Å². The van der Waals surface area contributed by atoms with Crippen LogP contribution in [-0.4, -0.2) is 77.2 Å². The van der Waals surface area contributed by atoms with Crippen LogP contribution in [0.2, 0.25) is 0 Å². The number of nitrogens with one attached hydrogen (secondary N) is 1. The standard InChI is InChI=1S/C16H28N4O2S/c1-16(2,3)22-15(21)19-6-7-20-12(11-19)9-17-14(20)18-10-13-5-4-8-23-13/h12-13H,4-11H2,1-3H3,(H,17,18). The van der Waals surface area contributed by atoms with Crippen LogP contribution in [0.5, 0.6) is 0 Å². The zero-order chi connectivity index (χ0) is 16.4. The summed E-state index contributed by atoms with van der Waals surface area (Å²) in [7, 11) is 0. The molecule has 0 saturated carbocycles. The molecule has 3 aliphatic rings. The quantitative estimate of drug-likeness (QED) is 0.830. The second-order valence-corrected chi connectivity index (χ2v) is 8.86. The van der Waals surface area contributed by atoms with Gasteiger partial charge in [-0.2, -0.15) is 11.8 Å². The number of nitrogens with zero attached hydrogens (tertiary/aromatic N) is 3. The van der Waals surface area contributed by atoms with E-state index in [4.69, 9.17) is 4.74 Å². The van der Waals surface area contributed by atoms with Gasteiger partial charge in [-0.1, -0.05) is 0 Å². The third kappa shape index (κ3) is 4.25. The third-order valence-electron chi connectivity index (χ3n) is 4.37. The maximum atomic E-state index is 12.2. The normalized spacial score (nSPS) is 27.7. The monoisotopic (exact) mass is 340 g/mol. The molecule has 0 spiro atoms. The molecule has 2 saturated heterocycles. The molecule has 23 heavy (non-hydrogen) atoms. The van der Waals surface area contributed by atoms with Gasteiger partial charge in [0.15, 0.2) is 5.96 Å². The molecule has 0 aromatic rings. The first-order valence-electron chi connectivity index (χ1n) is 8.57. The molecule has 3 aliphatic heterocycles. The number of hydrogen-bond donors (Lipinski definition) is 1. The molecule has 2 atom stereocenters. The number of piperazine rings is 1. The Morgan fingerprint density at radius 1 is 1.43 bits per heavy atom. The Hall–Kier alpha value is -1.11. The molecule has 3 heterocycles. The Kier molecular flexibility index (Phi) is 4.94. The van der Waals surface area contributed by atoms with E-state index in [0.29, 0.717) is 13.1 Å². The third-order valence-corrected chi connectivity index (χ3v) is 5.77. The van der Waals surface area contributed by atoms with Crippen LogP contribution in [0.3, 0.4) is 0 Å². The lowest BCUT2D eigenvalue weighted by molar-refractivity contribution is 0.0137. The lowest BCUT2D eigenvalue weighted by atomic mass is 10.2. The summed E-state index contributed by atoms with van der Waals surface area (Å²) in [4.78, 5) is 21.0. The van der Waals surface area contributed by atoms with Crippen molar-refractivity contribution in [2.45, 2.75) is 50.5 Å². The highest BCUT2D eigenvalue weighted by Crippen LogP contribution is 2.25. The molecule has 2 unspecified atom stereocenters. The molecule has 7 heteroatoms.